The summed E-state index contributed by atoms with van der Waals surface area (Å²) in [5.74, 6) is 0.112. The first-order valence-corrected chi connectivity index (χ1v) is 6.47. The lowest BCUT2D eigenvalue weighted by atomic mass is 9.97. The van der Waals surface area contributed by atoms with Crippen molar-refractivity contribution < 1.29 is 4.79 Å². The van der Waals surface area contributed by atoms with Crippen LogP contribution in [0.4, 0.5) is 11.5 Å². The summed E-state index contributed by atoms with van der Waals surface area (Å²) in [6.07, 6.45) is 1.89. The van der Waals surface area contributed by atoms with E-state index in [0.29, 0.717) is 11.4 Å². The Bertz CT molecular complexity index is 688. The van der Waals surface area contributed by atoms with Gasteiger partial charge in [0.05, 0.1) is 0 Å². The maximum Gasteiger partial charge on any atom is 0.264 e. The minimum atomic E-state index is -0.302. The second kappa shape index (κ2) is 5.16. The second-order valence-electron chi connectivity index (χ2n) is 4.62. The molecule has 6 heteroatoms. The summed E-state index contributed by atoms with van der Waals surface area (Å²) in [5, 5.41) is 12.0. The molecular weight excluding hydrogens is 256 g/mol. The monoisotopic (exact) mass is 270 g/mol. The largest absolute Gasteiger partial charge is 0.385 e. The quantitative estimate of drug-likeness (QED) is 0.769. The van der Waals surface area contributed by atoms with Crippen molar-refractivity contribution in [1.82, 2.24) is 10.2 Å². The SMILES string of the molecule is O=C(Nc1ccc(=O)[nH]n1)c1cccc2c1CCCN2. The molecule has 2 heterocycles. The number of aromatic amines is 1. The minimum Gasteiger partial charge on any atom is -0.385 e. The van der Waals surface area contributed by atoms with Crippen LogP contribution in [0.5, 0.6) is 0 Å². The van der Waals surface area contributed by atoms with E-state index in [-0.39, 0.29) is 11.5 Å². The lowest BCUT2D eigenvalue weighted by Gasteiger charge is -2.20. The summed E-state index contributed by atoms with van der Waals surface area (Å²) >= 11 is 0. The molecule has 0 radical (unpaired) electrons. The van der Waals surface area contributed by atoms with Crippen LogP contribution in [-0.2, 0) is 6.42 Å². The number of benzene rings is 1. The zero-order valence-corrected chi connectivity index (χ0v) is 10.8. The molecule has 102 valence electrons. The summed E-state index contributed by atoms with van der Waals surface area (Å²) in [4.78, 5) is 23.2. The van der Waals surface area contributed by atoms with Crippen molar-refractivity contribution in [2.75, 3.05) is 17.2 Å². The molecule has 3 rings (SSSR count). The lowest BCUT2D eigenvalue weighted by molar-refractivity contribution is 0.102. The molecule has 0 saturated carbocycles. The molecule has 0 saturated heterocycles. The van der Waals surface area contributed by atoms with Crippen molar-refractivity contribution in [3.05, 3.63) is 51.8 Å². The Balaban J connectivity index is 1.87. The van der Waals surface area contributed by atoms with Crippen LogP contribution in [0.25, 0.3) is 0 Å². The Morgan fingerprint density at radius 1 is 1.25 bits per heavy atom. The van der Waals surface area contributed by atoms with E-state index in [4.69, 9.17) is 0 Å². The number of amides is 1. The van der Waals surface area contributed by atoms with Crippen LogP contribution < -0.4 is 16.2 Å². The van der Waals surface area contributed by atoms with Gasteiger partial charge in [0.25, 0.3) is 11.5 Å². The van der Waals surface area contributed by atoms with Crippen LogP contribution in [0.1, 0.15) is 22.3 Å². The van der Waals surface area contributed by atoms with E-state index in [2.05, 4.69) is 20.8 Å². The molecule has 0 atom stereocenters. The number of carbonyl (C=O) groups is 1. The first kappa shape index (κ1) is 12.4. The Morgan fingerprint density at radius 3 is 2.95 bits per heavy atom. The van der Waals surface area contributed by atoms with Gasteiger partial charge in [0.15, 0.2) is 5.82 Å². The number of rotatable bonds is 2. The van der Waals surface area contributed by atoms with E-state index in [1.54, 1.807) is 6.07 Å². The van der Waals surface area contributed by atoms with Crippen LogP contribution in [-0.4, -0.2) is 22.6 Å². The number of anilines is 2. The van der Waals surface area contributed by atoms with Crippen LogP contribution in [0.3, 0.4) is 0 Å². The average Bonchev–Trinajstić information content (AvgIpc) is 2.49. The molecule has 1 aliphatic rings. The third-order valence-electron chi connectivity index (χ3n) is 3.26. The predicted octanol–water partition coefficient (Wildman–Crippen LogP) is 1.38. The number of fused-ring (bicyclic) bond motifs is 1. The number of nitrogens with zero attached hydrogens (tertiary/aromatic N) is 1. The number of H-pyrrole nitrogens is 1. The molecule has 1 amide bonds. The van der Waals surface area contributed by atoms with Gasteiger partial charge in [-0.15, -0.1) is 0 Å². The highest BCUT2D eigenvalue weighted by atomic mass is 16.2. The third kappa shape index (κ3) is 2.40. The van der Waals surface area contributed by atoms with E-state index in [9.17, 15) is 9.59 Å². The molecule has 0 aliphatic carbocycles. The highest BCUT2D eigenvalue weighted by molar-refractivity contribution is 6.05. The minimum absolute atomic E-state index is 0.218. The van der Waals surface area contributed by atoms with Gasteiger partial charge in [0.2, 0.25) is 0 Å². The molecule has 0 spiro atoms. The molecule has 2 aromatic rings. The molecule has 1 aromatic carbocycles. The predicted molar refractivity (Wildman–Crippen MR) is 76.1 cm³/mol. The van der Waals surface area contributed by atoms with Gasteiger partial charge in [-0.1, -0.05) is 6.07 Å². The van der Waals surface area contributed by atoms with Gasteiger partial charge in [-0.3, -0.25) is 9.59 Å². The van der Waals surface area contributed by atoms with E-state index >= 15 is 0 Å². The van der Waals surface area contributed by atoms with Gasteiger partial charge in [-0.25, -0.2) is 5.10 Å². The van der Waals surface area contributed by atoms with Crippen molar-refractivity contribution in [3.63, 3.8) is 0 Å². The fraction of sp³-hybridized carbons (Fsp3) is 0.214. The van der Waals surface area contributed by atoms with E-state index in [0.717, 1.165) is 30.6 Å². The molecule has 1 aliphatic heterocycles. The van der Waals surface area contributed by atoms with Crippen molar-refractivity contribution in [2.45, 2.75) is 12.8 Å². The highest BCUT2D eigenvalue weighted by Crippen LogP contribution is 2.25. The Hall–Kier alpha value is -2.63. The lowest BCUT2D eigenvalue weighted by Crippen LogP contribution is -2.20. The van der Waals surface area contributed by atoms with Gasteiger partial charge in [-0.2, -0.15) is 5.10 Å². The number of nitrogens with one attached hydrogen (secondary N) is 3. The van der Waals surface area contributed by atoms with Crippen LogP contribution in [0.2, 0.25) is 0 Å². The summed E-state index contributed by atoms with van der Waals surface area (Å²) < 4.78 is 0. The van der Waals surface area contributed by atoms with Gasteiger partial charge >= 0.3 is 0 Å². The van der Waals surface area contributed by atoms with E-state index in [1.807, 2.05) is 12.1 Å². The Labute approximate surface area is 115 Å². The van der Waals surface area contributed by atoms with Crippen molar-refractivity contribution in [1.29, 1.82) is 0 Å². The fourth-order valence-corrected chi connectivity index (χ4v) is 2.32. The van der Waals surface area contributed by atoms with Crippen molar-refractivity contribution in [2.24, 2.45) is 0 Å². The Morgan fingerprint density at radius 2 is 2.15 bits per heavy atom. The average molecular weight is 270 g/mol. The molecule has 0 bridgehead atoms. The normalized spacial score (nSPS) is 13.2. The van der Waals surface area contributed by atoms with Crippen LogP contribution >= 0.6 is 0 Å². The second-order valence-corrected chi connectivity index (χ2v) is 4.62. The van der Waals surface area contributed by atoms with Crippen molar-refractivity contribution >= 4 is 17.4 Å². The van der Waals surface area contributed by atoms with Crippen LogP contribution in [0.15, 0.2) is 35.1 Å². The van der Waals surface area contributed by atoms with E-state index < -0.39 is 0 Å². The molecule has 20 heavy (non-hydrogen) atoms. The standard InChI is InChI=1S/C14H14N4O2/c19-13-7-6-12(17-18-13)16-14(20)10-3-1-5-11-9(10)4-2-8-15-11/h1,3,5-7,15H,2,4,8H2,(H,18,19)(H,16,17,20). The summed E-state index contributed by atoms with van der Waals surface area (Å²) in [6.45, 7) is 0.930. The summed E-state index contributed by atoms with van der Waals surface area (Å²) in [7, 11) is 0. The maximum atomic E-state index is 12.3. The zero-order valence-electron chi connectivity index (χ0n) is 10.8. The molecule has 3 N–H and O–H groups in total. The molecular formula is C14H14N4O2. The first-order valence-electron chi connectivity index (χ1n) is 6.47. The van der Waals surface area contributed by atoms with Gasteiger partial charge in [0.1, 0.15) is 0 Å². The highest BCUT2D eigenvalue weighted by Gasteiger charge is 2.17. The zero-order chi connectivity index (χ0) is 13.9. The number of hydrogen-bond acceptors (Lipinski definition) is 4. The third-order valence-corrected chi connectivity index (χ3v) is 3.26. The molecule has 6 nitrogen and oxygen atoms in total. The number of hydrogen-bond donors (Lipinski definition) is 3. The van der Waals surface area contributed by atoms with Crippen LogP contribution in [0, 0.1) is 0 Å². The topological polar surface area (TPSA) is 86.9 Å². The molecule has 0 fully saturated rings. The maximum absolute atomic E-state index is 12.3. The Kier molecular flexibility index (Phi) is 3.20. The summed E-state index contributed by atoms with van der Waals surface area (Å²) in [6, 6.07) is 8.43. The van der Waals surface area contributed by atoms with E-state index in [1.165, 1.54) is 12.1 Å². The summed E-state index contributed by atoms with van der Waals surface area (Å²) in [5.41, 5.74) is 2.38. The molecule has 0 unspecified atom stereocenters. The van der Waals surface area contributed by atoms with Crippen molar-refractivity contribution in [3.8, 4) is 0 Å². The van der Waals surface area contributed by atoms with Gasteiger partial charge in [-0.05, 0) is 36.6 Å². The smallest absolute Gasteiger partial charge is 0.264 e. The number of carbonyl (C=O) groups excluding carboxylic acids is 1. The first-order chi connectivity index (χ1) is 9.74. The fourth-order valence-electron chi connectivity index (χ4n) is 2.32. The number of aromatic nitrogens is 2. The molecule has 1 aromatic heterocycles. The van der Waals surface area contributed by atoms with Gasteiger partial charge in [0, 0.05) is 23.9 Å². The van der Waals surface area contributed by atoms with Gasteiger partial charge < -0.3 is 10.6 Å².